The summed E-state index contributed by atoms with van der Waals surface area (Å²) in [5, 5.41) is 15.9. The number of imide groups is 1. The molecule has 9 rings (SSSR count). The zero-order valence-corrected chi connectivity index (χ0v) is 35.2. The molecule has 6 heterocycles. The minimum absolute atomic E-state index is 0.00782. The van der Waals surface area contributed by atoms with E-state index in [1.807, 2.05) is 63.6 Å². The SMILES string of the molecule is CC(=O)N1CCC2=C(C1)C(N(C)c1ccc(-c3cn(C)c4ccnnc34)c(C(F)F)c1)=N/[N+]2=C/C1CCC(N2CCN(c3cccc(N4CCC(=O)NC4=O)c3C)CC2)CC1. The predicted molar refractivity (Wildman–Crippen MR) is 231 cm³/mol. The maximum atomic E-state index is 14.8. The summed E-state index contributed by atoms with van der Waals surface area (Å²) in [6.45, 7) is 8.73. The van der Waals surface area contributed by atoms with Crippen LogP contribution >= 0.6 is 0 Å². The van der Waals surface area contributed by atoms with Gasteiger partial charge >= 0.3 is 6.03 Å². The summed E-state index contributed by atoms with van der Waals surface area (Å²) in [4.78, 5) is 47.3. The number of carbonyl (C=O) groups excluding carboxylic acids is 3. The van der Waals surface area contributed by atoms with Crippen molar-refractivity contribution in [3.8, 4) is 11.1 Å². The van der Waals surface area contributed by atoms with Crippen LogP contribution in [0.3, 0.4) is 0 Å². The molecule has 61 heavy (non-hydrogen) atoms. The zero-order chi connectivity index (χ0) is 42.5. The lowest BCUT2D eigenvalue weighted by Crippen LogP contribution is -2.51. The van der Waals surface area contributed by atoms with E-state index in [4.69, 9.17) is 5.10 Å². The Hall–Kier alpha value is -6.03. The molecule has 4 aromatic rings. The second-order valence-electron chi connectivity index (χ2n) is 16.9. The number of benzene rings is 2. The molecule has 2 aromatic heterocycles. The summed E-state index contributed by atoms with van der Waals surface area (Å²) in [6, 6.07) is 13.1. The highest BCUT2D eigenvalue weighted by atomic mass is 19.3. The summed E-state index contributed by atoms with van der Waals surface area (Å²) in [5.74, 6) is 0.737. The van der Waals surface area contributed by atoms with Gasteiger partial charge < -0.3 is 19.3 Å². The second kappa shape index (κ2) is 16.4. The van der Waals surface area contributed by atoms with Gasteiger partial charge in [0.05, 0.1) is 35.9 Å². The summed E-state index contributed by atoms with van der Waals surface area (Å²) >= 11 is 0. The maximum Gasteiger partial charge on any atom is 0.328 e. The number of aromatic nitrogens is 3. The smallest absolute Gasteiger partial charge is 0.328 e. The number of hydrogen-bond acceptors (Lipinski definition) is 9. The van der Waals surface area contributed by atoms with Crippen LogP contribution in [0.15, 0.2) is 71.2 Å². The van der Waals surface area contributed by atoms with Gasteiger partial charge in [-0.3, -0.25) is 24.7 Å². The number of hydrogen-bond donors (Lipinski definition) is 1. The van der Waals surface area contributed by atoms with Gasteiger partial charge in [0.25, 0.3) is 6.43 Å². The lowest BCUT2D eigenvalue weighted by Gasteiger charge is -2.42. The number of rotatable bonds is 7. The Labute approximate surface area is 353 Å². The van der Waals surface area contributed by atoms with Gasteiger partial charge in [-0.1, -0.05) is 16.8 Å². The fraction of sp³-hybridized carbons (Fsp3) is 0.444. The van der Waals surface area contributed by atoms with Crippen molar-refractivity contribution in [3.63, 3.8) is 0 Å². The van der Waals surface area contributed by atoms with Crippen molar-refractivity contribution in [1.29, 1.82) is 0 Å². The molecule has 1 N–H and O–H groups in total. The van der Waals surface area contributed by atoms with E-state index in [2.05, 4.69) is 44.5 Å². The van der Waals surface area contributed by atoms with E-state index >= 15 is 0 Å². The van der Waals surface area contributed by atoms with Gasteiger partial charge in [0.1, 0.15) is 5.52 Å². The number of hydrazone groups is 1. The molecule has 4 aliphatic heterocycles. The largest absolute Gasteiger partial charge is 0.369 e. The summed E-state index contributed by atoms with van der Waals surface area (Å²) in [6.07, 6.45) is 8.10. The number of aryl methyl sites for hydroxylation is 1. The Balaban J connectivity index is 0.889. The first kappa shape index (κ1) is 40.4. The van der Waals surface area contributed by atoms with Crippen LogP contribution in [0.4, 0.5) is 30.6 Å². The molecule has 16 heteroatoms. The number of alkyl halides is 2. The number of halogens is 2. The van der Waals surface area contributed by atoms with Crippen molar-refractivity contribution in [2.45, 2.75) is 64.8 Å². The highest BCUT2D eigenvalue weighted by Crippen LogP contribution is 2.39. The average Bonchev–Trinajstić information content (AvgIpc) is 3.80. The van der Waals surface area contributed by atoms with Crippen molar-refractivity contribution < 1.29 is 27.8 Å². The van der Waals surface area contributed by atoms with Crippen LogP contribution < -0.4 is 20.0 Å². The molecule has 0 spiro atoms. The predicted octanol–water partition coefficient (Wildman–Crippen LogP) is 6.06. The molecule has 0 unspecified atom stereocenters. The van der Waals surface area contributed by atoms with Crippen molar-refractivity contribution in [3.05, 3.63) is 77.3 Å². The number of amides is 4. The lowest BCUT2D eigenvalue weighted by molar-refractivity contribution is -0.479. The highest BCUT2D eigenvalue weighted by Gasteiger charge is 2.40. The maximum absolute atomic E-state index is 14.8. The Bertz CT molecular complexity index is 2500. The molecule has 2 saturated heterocycles. The van der Waals surface area contributed by atoms with Gasteiger partial charge in [-0.15, -0.1) is 5.10 Å². The van der Waals surface area contributed by atoms with E-state index in [0.29, 0.717) is 72.6 Å². The molecule has 4 amide bonds. The first-order valence-electron chi connectivity index (χ1n) is 21.3. The average molecular weight is 833 g/mol. The van der Waals surface area contributed by atoms with E-state index in [1.165, 1.54) is 6.07 Å². The Morgan fingerprint density at radius 3 is 2.48 bits per heavy atom. The fourth-order valence-corrected chi connectivity index (χ4v) is 9.90. The monoisotopic (exact) mass is 832 g/mol. The number of likely N-dealkylation sites (N-methyl/N-ethyl adjacent to an activating group) is 1. The van der Waals surface area contributed by atoms with Crippen molar-refractivity contribution in [2.24, 2.45) is 18.1 Å². The van der Waals surface area contributed by atoms with Gasteiger partial charge in [-0.05, 0) is 74.1 Å². The topological polar surface area (TPSA) is 126 Å². The number of piperazine rings is 1. The molecule has 318 valence electrons. The van der Waals surface area contributed by atoms with Gasteiger partial charge in [-0.25, -0.2) is 13.6 Å². The molecular formula is C45H52F2N11O3+. The minimum atomic E-state index is -2.73. The molecule has 1 aliphatic carbocycles. The number of carbonyl (C=O) groups is 3. The van der Waals surface area contributed by atoms with E-state index in [0.717, 1.165) is 85.6 Å². The van der Waals surface area contributed by atoms with Crippen LogP contribution in [0.2, 0.25) is 0 Å². The molecule has 5 aliphatic rings. The number of anilines is 3. The molecule has 0 atom stereocenters. The number of amidine groups is 1. The third-order valence-corrected chi connectivity index (χ3v) is 13.3. The van der Waals surface area contributed by atoms with Gasteiger partial charge in [-0.2, -0.15) is 5.10 Å². The first-order chi connectivity index (χ1) is 29.4. The molecule has 3 fully saturated rings. The quantitative estimate of drug-likeness (QED) is 0.223. The van der Waals surface area contributed by atoms with Crippen molar-refractivity contribution in [2.75, 3.05) is 67.6 Å². The Morgan fingerprint density at radius 2 is 1.74 bits per heavy atom. The molecule has 0 radical (unpaired) electrons. The number of fused-ring (bicyclic) bond motifs is 1. The molecule has 2 aromatic carbocycles. The highest BCUT2D eigenvalue weighted by molar-refractivity contribution is 6.11. The molecule has 1 saturated carbocycles. The first-order valence-corrected chi connectivity index (χ1v) is 21.3. The van der Waals surface area contributed by atoms with E-state index in [-0.39, 0.29) is 23.4 Å². The number of urea groups is 1. The van der Waals surface area contributed by atoms with Crippen LogP contribution in [0.1, 0.15) is 63.0 Å². The van der Waals surface area contributed by atoms with Crippen LogP contribution in [0.25, 0.3) is 22.2 Å². The van der Waals surface area contributed by atoms with E-state index < -0.39 is 6.43 Å². The molecular weight excluding hydrogens is 781 g/mol. The van der Waals surface area contributed by atoms with Crippen LogP contribution in [-0.4, -0.2) is 118 Å². The van der Waals surface area contributed by atoms with Crippen molar-refractivity contribution >= 4 is 58.0 Å². The van der Waals surface area contributed by atoms with Crippen LogP contribution in [0, 0.1) is 12.8 Å². The fourth-order valence-electron chi connectivity index (χ4n) is 9.90. The molecule has 0 bridgehead atoms. The summed E-state index contributed by atoms with van der Waals surface area (Å²) in [7, 11) is 3.72. The third-order valence-electron chi connectivity index (χ3n) is 13.3. The minimum Gasteiger partial charge on any atom is -0.369 e. The Kier molecular flexibility index (Phi) is 10.9. The van der Waals surface area contributed by atoms with Crippen molar-refractivity contribution in [1.82, 2.24) is 29.9 Å². The lowest BCUT2D eigenvalue weighted by atomic mass is 9.85. The van der Waals surface area contributed by atoms with Gasteiger partial charge in [0, 0.05) is 112 Å². The third kappa shape index (κ3) is 7.66. The van der Waals surface area contributed by atoms with E-state index in [1.54, 1.807) is 24.1 Å². The number of nitrogens with one attached hydrogen (secondary N) is 1. The normalized spacial score (nSPS) is 22.0. The zero-order valence-electron chi connectivity index (χ0n) is 35.2. The van der Waals surface area contributed by atoms with E-state index in [9.17, 15) is 23.2 Å². The summed E-state index contributed by atoms with van der Waals surface area (Å²) in [5.41, 5.74) is 7.88. The summed E-state index contributed by atoms with van der Waals surface area (Å²) < 4.78 is 33.5. The van der Waals surface area contributed by atoms with Crippen LogP contribution in [-0.2, 0) is 16.6 Å². The Morgan fingerprint density at radius 1 is 0.967 bits per heavy atom. The standard InChI is InChI=1S/C45H51F2N11O3/c1-28-37(6-5-7-38(28)57-19-16-41(60)49-45(57)61)55-22-20-54(21-23-55)31-10-8-30(9-11-31)25-58-39-15-18-56(29(2)59)27-36(39)44(51-58)53(4)32-12-13-33(34(24-32)43(46)47)35-26-52(3)40-14-17-48-50-42(35)40/h5-7,12-14,17,24-26,30-31,43H,8-11,15-16,18-23,27H2,1-4H3/p+1/b58-25+. The molecule has 14 nitrogen and oxygen atoms in total. The van der Waals surface area contributed by atoms with Crippen LogP contribution in [0.5, 0.6) is 0 Å². The van der Waals surface area contributed by atoms with Gasteiger partial charge in [0.15, 0.2) is 6.21 Å². The van der Waals surface area contributed by atoms with Gasteiger partial charge in [0.2, 0.25) is 23.3 Å². The number of nitrogens with zero attached hydrogens (tertiary/aromatic N) is 10. The second-order valence-corrected chi connectivity index (χ2v) is 16.9.